The summed E-state index contributed by atoms with van der Waals surface area (Å²) in [5.41, 5.74) is 0.505. The molecule has 4 nitrogen and oxygen atoms in total. The predicted molar refractivity (Wildman–Crippen MR) is 43.8 cm³/mol. The molecule has 1 radical (unpaired) electrons. The van der Waals surface area contributed by atoms with E-state index in [0.29, 0.717) is 6.42 Å². The van der Waals surface area contributed by atoms with Crippen molar-refractivity contribution in [1.29, 1.82) is 0 Å². The molecule has 0 atom stereocenters. The maximum Gasteiger partial charge on any atom is 0.310 e. The van der Waals surface area contributed by atoms with E-state index < -0.39 is 4.92 Å². The zero-order valence-corrected chi connectivity index (χ0v) is 6.36. The number of aromatic hydroxyl groups is 1. The van der Waals surface area contributed by atoms with Crippen LogP contribution >= 0.6 is 0 Å². The van der Waals surface area contributed by atoms with Gasteiger partial charge in [-0.3, -0.25) is 10.1 Å². The van der Waals surface area contributed by atoms with E-state index in [1.165, 1.54) is 12.1 Å². The van der Waals surface area contributed by atoms with Crippen molar-refractivity contribution >= 4 is 5.69 Å². The molecule has 0 aliphatic rings. The van der Waals surface area contributed by atoms with Gasteiger partial charge in [-0.1, -0.05) is 6.07 Å². The predicted octanol–water partition coefficient (Wildman–Crippen LogP) is 1.68. The van der Waals surface area contributed by atoms with Gasteiger partial charge in [-0.25, -0.2) is 0 Å². The van der Waals surface area contributed by atoms with Gasteiger partial charge in [-0.15, -0.1) is 0 Å². The lowest BCUT2D eigenvalue weighted by molar-refractivity contribution is -0.385. The fraction of sp³-hybridized carbons (Fsp3) is 0.125. The third-order valence-electron chi connectivity index (χ3n) is 1.53. The van der Waals surface area contributed by atoms with Crippen molar-refractivity contribution in [3.8, 4) is 5.75 Å². The van der Waals surface area contributed by atoms with Gasteiger partial charge in [0.2, 0.25) is 0 Å². The van der Waals surface area contributed by atoms with Crippen LogP contribution in [0, 0.1) is 17.0 Å². The highest BCUT2D eigenvalue weighted by atomic mass is 16.6. The highest BCUT2D eigenvalue weighted by molar-refractivity contribution is 5.47. The summed E-state index contributed by atoms with van der Waals surface area (Å²) >= 11 is 0. The van der Waals surface area contributed by atoms with Crippen LogP contribution in [0.15, 0.2) is 18.2 Å². The average Bonchev–Trinajstić information content (AvgIpc) is 2.03. The van der Waals surface area contributed by atoms with Gasteiger partial charge < -0.3 is 5.11 Å². The lowest BCUT2D eigenvalue weighted by atomic mass is 10.1. The highest BCUT2D eigenvalue weighted by Crippen LogP contribution is 2.26. The number of phenols is 1. The van der Waals surface area contributed by atoms with E-state index in [-0.39, 0.29) is 11.4 Å². The zero-order valence-electron chi connectivity index (χ0n) is 6.36. The first-order valence-corrected chi connectivity index (χ1v) is 3.40. The van der Waals surface area contributed by atoms with Crippen molar-refractivity contribution in [2.24, 2.45) is 0 Å². The van der Waals surface area contributed by atoms with Crippen LogP contribution in [0.3, 0.4) is 0 Å². The normalized spacial score (nSPS) is 9.75. The third-order valence-corrected chi connectivity index (χ3v) is 1.53. The summed E-state index contributed by atoms with van der Waals surface area (Å²) in [6, 6.07) is 4.20. The minimum Gasteiger partial charge on any atom is -0.502 e. The molecule has 0 heterocycles. The SMILES string of the molecule is [CH2]Cc1ccc([N+](=O)[O-])c(O)c1. The molecule has 1 rings (SSSR count). The Morgan fingerprint density at radius 3 is 2.67 bits per heavy atom. The molecule has 0 aliphatic carbocycles. The molecule has 0 aromatic heterocycles. The van der Waals surface area contributed by atoms with Crippen LogP contribution in [-0.2, 0) is 6.42 Å². The Hall–Kier alpha value is -1.58. The first kappa shape index (κ1) is 8.52. The fourth-order valence-corrected chi connectivity index (χ4v) is 0.879. The first-order valence-electron chi connectivity index (χ1n) is 3.40. The van der Waals surface area contributed by atoms with Crippen molar-refractivity contribution in [2.75, 3.05) is 0 Å². The van der Waals surface area contributed by atoms with E-state index in [1.54, 1.807) is 6.07 Å². The van der Waals surface area contributed by atoms with E-state index in [2.05, 4.69) is 6.92 Å². The minimum absolute atomic E-state index is 0.271. The van der Waals surface area contributed by atoms with Crippen LogP contribution in [0.25, 0.3) is 0 Å². The standard InChI is InChI=1S/C8H8NO3/c1-2-6-3-4-7(9(11)12)8(10)5-6/h3-5,10H,1-2H2. The van der Waals surface area contributed by atoms with Crippen molar-refractivity contribution in [3.05, 3.63) is 40.8 Å². The zero-order chi connectivity index (χ0) is 9.14. The second-order valence-electron chi connectivity index (χ2n) is 2.33. The average molecular weight is 166 g/mol. The lowest BCUT2D eigenvalue weighted by Gasteiger charge is -1.98. The summed E-state index contributed by atoms with van der Waals surface area (Å²) in [6.45, 7) is 3.59. The summed E-state index contributed by atoms with van der Waals surface area (Å²) < 4.78 is 0. The van der Waals surface area contributed by atoms with Crippen molar-refractivity contribution in [1.82, 2.24) is 0 Å². The largest absolute Gasteiger partial charge is 0.502 e. The Morgan fingerprint density at radius 2 is 2.25 bits per heavy atom. The number of nitro groups is 1. The fourth-order valence-electron chi connectivity index (χ4n) is 0.879. The van der Waals surface area contributed by atoms with Gasteiger partial charge in [0, 0.05) is 6.07 Å². The maximum absolute atomic E-state index is 10.3. The number of nitro benzene ring substituents is 1. The van der Waals surface area contributed by atoms with Crippen LogP contribution in [-0.4, -0.2) is 10.0 Å². The smallest absolute Gasteiger partial charge is 0.310 e. The summed E-state index contributed by atoms with van der Waals surface area (Å²) in [7, 11) is 0. The lowest BCUT2D eigenvalue weighted by Crippen LogP contribution is -1.89. The van der Waals surface area contributed by atoms with E-state index >= 15 is 0 Å². The Labute approximate surface area is 69.6 Å². The molecular weight excluding hydrogens is 158 g/mol. The Kier molecular flexibility index (Phi) is 2.28. The summed E-state index contributed by atoms with van der Waals surface area (Å²) in [6.07, 6.45) is 0.506. The number of benzene rings is 1. The molecule has 0 saturated heterocycles. The van der Waals surface area contributed by atoms with Crippen LogP contribution in [0.5, 0.6) is 5.75 Å². The molecule has 0 saturated carbocycles. The number of nitrogens with zero attached hydrogens (tertiary/aromatic N) is 1. The molecule has 1 aromatic carbocycles. The van der Waals surface area contributed by atoms with E-state index in [9.17, 15) is 10.1 Å². The van der Waals surface area contributed by atoms with Crippen LogP contribution in [0.1, 0.15) is 5.56 Å². The summed E-state index contributed by atoms with van der Waals surface area (Å²) in [5.74, 6) is -0.304. The Bertz CT molecular complexity index is 309. The second kappa shape index (κ2) is 3.21. The molecular formula is C8H8NO3. The molecule has 0 bridgehead atoms. The number of hydrogen-bond acceptors (Lipinski definition) is 3. The van der Waals surface area contributed by atoms with E-state index in [1.807, 2.05) is 0 Å². The quantitative estimate of drug-likeness (QED) is 0.537. The van der Waals surface area contributed by atoms with Gasteiger partial charge in [-0.05, 0) is 25.0 Å². The molecule has 4 heteroatoms. The molecule has 0 unspecified atom stereocenters. The Morgan fingerprint density at radius 1 is 1.58 bits per heavy atom. The van der Waals surface area contributed by atoms with Crippen molar-refractivity contribution < 1.29 is 10.0 Å². The number of rotatable bonds is 2. The maximum atomic E-state index is 10.3. The van der Waals surface area contributed by atoms with E-state index in [4.69, 9.17) is 5.11 Å². The molecule has 63 valence electrons. The number of hydrogen-bond donors (Lipinski definition) is 1. The van der Waals surface area contributed by atoms with Gasteiger partial charge >= 0.3 is 5.69 Å². The monoisotopic (exact) mass is 166 g/mol. The molecule has 1 N–H and O–H groups in total. The van der Waals surface area contributed by atoms with Gasteiger partial charge in [0.15, 0.2) is 5.75 Å². The minimum atomic E-state index is -0.623. The number of phenolic OH excluding ortho intramolecular Hbond substituents is 1. The van der Waals surface area contributed by atoms with Crippen LogP contribution in [0.4, 0.5) is 5.69 Å². The van der Waals surface area contributed by atoms with Gasteiger partial charge in [0.1, 0.15) is 0 Å². The van der Waals surface area contributed by atoms with Gasteiger partial charge in [0.25, 0.3) is 0 Å². The van der Waals surface area contributed by atoms with Crippen LogP contribution in [0.2, 0.25) is 0 Å². The topological polar surface area (TPSA) is 63.4 Å². The second-order valence-corrected chi connectivity index (χ2v) is 2.33. The summed E-state index contributed by atoms with van der Waals surface area (Å²) in [4.78, 5) is 9.63. The molecule has 0 fully saturated rings. The molecule has 12 heavy (non-hydrogen) atoms. The molecule has 0 amide bonds. The summed E-state index contributed by atoms with van der Waals surface area (Å²) in [5, 5.41) is 19.4. The van der Waals surface area contributed by atoms with Crippen LogP contribution < -0.4 is 0 Å². The third kappa shape index (κ3) is 1.53. The highest BCUT2D eigenvalue weighted by Gasteiger charge is 2.11. The van der Waals surface area contributed by atoms with Gasteiger partial charge in [-0.2, -0.15) is 0 Å². The van der Waals surface area contributed by atoms with Gasteiger partial charge in [0.05, 0.1) is 4.92 Å². The molecule has 0 aliphatic heterocycles. The van der Waals surface area contributed by atoms with E-state index in [0.717, 1.165) is 5.56 Å². The molecule has 0 spiro atoms. The first-order chi connectivity index (χ1) is 5.65. The molecule has 1 aromatic rings. The van der Waals surface area contributed by atoms with Crippen molar-refractivity contribution in [2.45, 2.75) is 6.42 Å². The Balaban J connectivity index is 3.12. The van der Waals surface area contributed by atoms with Crippen molar-refractivity contribution in [3.63, 3.8) is 0 Å².